The molecule has 0 saturated carbocycles. The van der Waals surface area contributed by atoms with Crippen molar-refractivity contribution >= 4 is 22.7 Å². The monoisotopic (exact) mass is 418 g/mol. The van der Waals surface area contributed by atoms with E-state index in [9.17, 15) is 41.0 Å². The molecule has 0 saturated heterocycles. The number of aromatic nitrogens is 1. The van der Waals surface area contributed by atoms with E-state index in [0.29, 0.717) is 0 Å². The minimum absolute atomic E-state index is 0.0753. The Labute approximate surface area is 156 Å². The van der Waals surface area contributed by atoms with Gasteiger partial charge in [-0.15, -0.1) is 0 Å². The van der Waals surface area contributed by atoms with Gasteiger partial charge in [0, 0.05) is 6.20 Å². The molecule has 3 aromatic rings. The number of fused-ring (bicyclic) bond motifs is 1. The highest BCUT2D eigenvalue weighted by atomic mass is 19.4. The van der Waals surface area contributed by atoms with Crippen molar-refractivity contribution in [3.63, 3.8) is 0 Å². The molecule has 0 aliphatic heterocycles. The summed E-state index contributed by atoms with van der Waals surface area (Å²) in [5.74, 6) is -3.68. The van der Waals surface area contributed by atoms with Crippen LogP contribution in [0.4, 0.5) is 32.2 Å². The van der Waals surface area contributed by atoms with Crippen molar-refractivity contribution < 1.29 is 40.7 Å². The van der Waals surface area contributed by atoms with Crippen LogP contribution in [0, 0.1) is 0 Å². The van der Waals surface area contributed by atoms with E-state index in [1.807, 2.05) is 0 Å². The van der Waals surface area contributed by atoms with Crippen LogP contribution in [0.3, 0.4) is 0 Å². The van der Waals surface area contributed by atoms with Gasteiger partial charge in [0.2, 0.25) is 0 Å². The van der Waals surface area contributed by atoms with E-state index in [2.05, 4.69) is 4.98 Å². The summed E-state index contributed by atoms with van der Waals surface area (Å²) in [5.41, 5.74) is -6.05. The smallest absolute Gasteiger partial charge is 0.419 e. The maximum Gasteiger partial charge on any atom is 0.419 e. The Morgan fingerprint density at radius 3 is 2.34 bits per heavy atom. The number of carbonyl (C=O) groups excluding carboxylic acids is 1. The predicted molar refractivity (Wildman–Crippen MR) is 86.3 cm³/mol. The molecular weight excluding hydrogens is 410 g/mol. The number of rotatable bonds is 2. The van der Waals surface area contributed by atoms with Gasteiger partial charge in [-0.05, 0) is 18.2 Å². The zero-order chi connectivity index (χ0) is 21.6. The molecule has 6 nitrogen and oxygen atoms in total. The topological polar surface area (TPSA) is 92.4 Å². The Bertz CT molecular complexity index is 1170. The van der Waals surface area contributed by atoms with E-state index in [1.165, 1.54) is 24.3 Å². The molecule has 12 heteroatoms. The molecule has 0 radical (unpaired) electrons. The van der Waals surface area contributed by atoms with Crippen molar-refractivity contribution in [2.75, 3.05) is 5.32 Å². The first-order valence-electron chi connectivity index (χ1n) is 7.60. The Morgan fingerprint density at radius 1 is 1.07 bits per heavy atom. The second kappa shape index (κ2) is 6.79. The molecule has 2 heterocycles. The van der Waals surface area contributed by atoms with Crippen molar-refractivity contribution in [1.29, 1.82) is 0 Å². The van der Waals surface area contributed by atoms with Crippen molar-refractivity contribution in [3.05, 3.63) is 63.6 Å². The number of amides is 1. The van der Waals surface area contributed by atoms with Gasteiger partial charge in [-0.2, -0.15) is 26.3 Å². The highest BCUT2D eigenvalue weighted by Crippen LogP contribution is 2.38. The molecule has 29 heavy (non-hydrogen) atoms. The van der Waals surface area contributed by atoms with E-state index in [0.717, 1.165) is 0 Å². The lowest BCUT2D eigenvalue weighted by molar-refractivity contribution is -0.143. The number of aromatic hydroxyl groups is 1. The second-order valence-electron chi connectivity index (χ2n) is 5.68. The fraction of sp³-hybridized carbons (Fsp3) is 0.118. The van der Waals surface area contributed by atoms with E-state index >= 15 is 0 Å². The van der Waals surface area contributed by atoms with Crippen molar-refractivity contribution in [2.24, 2.45) is 0 Å². The zero-order valence-electron chi connectivity index (χ0n) is 13.9. The number of benzene rings is 1. The van der Waals surface area contributed by atoms with E-state index < -0.39 is 52.1 Å². The molecule has 0 aliphatic rings. The largest absolute Gasteiger partial charge is 0.506 e. The third-order valence-corrected chi connectivity index (χ3v) is 3.77. The number of hydrogen-bond acceptors (Lipinski definition) is 5. The van der Waals surface area contributed by atoms with E-state index in [1.54, 1.807) is 5.32 Å². The quantitative estimate of drug-likeness (QED) is 0.481. The number of carbonyl (C=O) groups is 1. The summed E-state index contributed by atoms with van der Waals surface area (Å²) in [6, 6.07) is 5.25. The van der Waals surface area contributed by atoms with Crippen molar-refractivity contribution in [1.82, 2.24) is 4.98 Å². The number of pyridine rings is 1. The molecule has 1 amide bonds. The number of anilines is 1. The fourth-order valence-electron chi connectivity index (χ4n) is 2.44. The van der Waals surface area contributed by atoms with Gasteiger partial charge in [-0.3, -0.25) is 4.79 Å². The standard InChI is InChI=1S/C17H8F6N2O4/c18-16(19,20)7-5-9(17(21,22)23)13(24-6-7)25-14(27)11-12(26)8-3-1-2-4-10(8)29-15(11)28/h1-6,26H,(H,24,25,27). The number of nitrogens with zero attached hydrogens (tertiary/aromatic N) is 1. The highest BCUT2D eigenvalue weighted by Gasteiger charge is 2.39. The molecule has 2 N–H and O–H groups in total. The molecule has 3 rings (SSSR count). The van der Waals surface area contributed by atoms with Crippen molar-refractivity contribution in [3.8, 4) is 5.75 Å². The average Bonchev–Trinajstić information content (AvgIpc) is 2.60. The van der Waals surface area contributed by atoms with Crippen LogP contribution >= 0.6 is 0 Å². The molecule has 0 atom stereocenters. The van der Waals surface area contributed by atoms with E-state index in [-0.39, 0.29) is 23.2 Å². The summed E-state index contributed by atoms with van der Waals surface area (Å²) in [6.45, 7) is 0. The molecule has 0 spiro atoms. The minimum atomic E-state index is -5.30. The lowest BCUT2D eigenvalue weighted by Crippen LogP contribution is -2.24. The number of hydrogen-bond donors (Lipinski definition) is 2. The van der Waals surface area contributed by atoms with Crippen LogP contribution in [-0.4, -0.2) is 16.0 Å². The SMILES string of the molecule is O=C(Nc1ncc(C(F)(F)F)cc1C(F)(F)F)c1c(O)c2ccccc2oc1=O. The summed E-state index contributed by atoms with van der Waals surface area (Å²) in [5, 5.41) is 11.7. The highest BCUT2D eigenvalue weighted by molar-refractivity contribution is 6.08. The van der Waals surface area contributed by atoms with Gasteiger partial charge in [0.25, 0.3) is 5.91 Å². The van der Waals surface area contributed by atoms with Crippen LogP contribution in [0.1, 0.15) is 21.5 Å². The summed E-state index contributed by atoms with van der Waals surface area (Å²) < 4.78 is 82.3. The Balaban J connectivity index is 2.08. The van der Waals surface area contributed by atoms with Gasteiger partial charge >= 0.3 is 18.0 Å². The van der Waals surface area contributed by atoms with Gasteiger partial charge < -0.3 is 14.8 Å². The maximum atomic E-state index is 13.1. The van der Waals surface area contributed by atoms with Gasteiger partial charge in [-0.25, -0.2) is 9.78 Å². The van der Waals surface area contributed by atoms with Crippen molar-refractivity contribution in [2.45, 2.75) is 12.4 Å². The maximum absolute atomic E-state index is 13.1. The molecular formula is C17H8F6N2O4. The predicted octanol–water partition coefficient (Wildman–Crippen LogP) is 4.18. The lowest BCUT2D eigenvalue weighted by Gasteiger charge is -2.15. The third-order valence-electron chi connectivity index (χ3n) is 3.77. The van der Waals surface area contributed by atoms with Crippen LogP contribution in [0.15, 0.2) is 45.7 Å². The van der Waals surface area contributed by atoms with Crippen LogP contribution in [-0.2, 0) is 12.4 Å². The van der Waals surface area contributed by atoms with Crippen LogP contribution in [0.2, 0.25) is 0 Å². The Kier molecular flexibility index (Phi) is 4.73. The minimum Gasteiger partial charge on any atom is -0.506 e. The average molecular weight is 418 g/mol. The molecule has 2 aromatic heterocycles. The first-order valence-corrected chi connectivity index (χ1v) is 7.60. The van der Waals surface area contributed by atoms with Crippen LogP contribution in [0.5, 0.6) is 5.75 Å². The number of nitrogens with one attached hydrogen (secondary N) is 1. The molecule has 1 aromatic carbocycles. The molecule has 0 aliphatic carbocycles. The molecule has 0 unspecified atom stereocenters. The zero-order valence-corrected chi connectivity index (χ0v) is 13.9. The normalized spacial score (nSPS) is 12.2. The van der Waals surface area contributed by atoms with Gasteiger partial charge in [-0.1, -0.05) is 12.1 Å². The summed E-state index contributed by atoms with van der Waals surface area (Å²) >= 11 is 0. The Morgan fingerprint density at radius 2 is 1.72 bits per heavy atom. The summed E-state index contributed by atoms with van der Waals surface area (Å²) in [7, 11) is 0. The summed E-state index contributed by atoms with van der Waals surface area (Å²) in [4.78, 5) is 27.3. The first kappa shape index (κ1) is 20.2. The molecule has 0 fully saturated rings. The lowest BCUT2D eigenvalue weighted by atomic mass is 10.1. The number of halogens is 6. The number of alkyl halides is 6. The van der Waals surface area contributed by atoms with Crippen LogP contribution < -0.4 is 10.9 Å². The first-order chi connectivity index (χ1) is 13.4. The third kappa shape index (κ3) is 3.86. The van der Waals surface area contributed by atoms with E-state index in [4.69, 9.17) is 4.42 Å². The van der Waals surface area contributed by atoms with Gasteiger partial charge in [0.1, 0.15) is 17.2 Å². The Hall–Kier alpha value is -3.57. The van der Waals surface area contributed by atoms with Gasteiger partial charge in [0.15, 0.2) is 5.56 Å². The summed E-state index contributed by atoms with van der Waals surface area (Å²) in [6.07, 6.45) is -10.3. The number of para-hydroxylation sites is 1. The second-order valence-corrected chi connectivity index (χ2v) is 5.68. The fourth-order valence-corrected chi connectivity index (χ4v) is 2.44. The van der Waals surface area contributed by atoms with Crippen LogP contribution in [0.25, 0.3) is 11.0 Å². The molecule has 0 bridgehead atoms. The van der Waals surface area contributed by atoms with Gasteiger partial charge in [0.05, 0.1) is 16.5 Å². The molecule has 152 valence electrons.